The second-order valence-corrected chi connectivity index (χ2v) is 6.53. The lowest BCUT2D eigenvalue weighted by Crippen LogP contribution is -2.36. The van der Waals surface area contributed by atoms with Crippen LogP contribution in [0, 0.1) is 0 Å². The molecule has 2 fully saturated rings. The van der Waals surface area contributed by atoms with E-state index in [9.17, 15) is 14.4 Å². The van der Waals surface area contributed by atoms with Crippen LogP contribution in [0.25, 0.3) is 0 Å². The van der Waals surface area contributed by atoms with E-state index in [1.807, 2.05) is 4.90 Å². The number of nitrogens with zero attached hydrogens (tertiary/aromatic N) is 5. The van der Waals surface area contributed by atoms with Crippen molar-refractivity contribution in [3.05, 3.63) is 12.2 Å². The SMILES string of the molecule is CN1CC(=O)N(CCCC(=O)N2CCCCCC2c2ncon2)C1=O. The van der Waals surface area contributed by atoms with Crippen molar-refractivity contribution < 1.29 is 18.9 Å². The second-order valence-electron chi connectivity index (χ2n) is 6.53. The molecule has 4 amide bonds. The molecule has 1 aromatic rings. The molecule has 2 aliphatic heterocycles. The molecule has 136 valence electrons. The van der Waals surface area contributed by atoms with Gasteiger partial charge in [0.2, 0.25) is 18.2 Å². The first kappa shape index (κ1) is 17.4. The fraction of sp³-hybridized carbons (Fsp3) is 0.688. The lowest BCUT2D eigenvalue weighted by molar-refractivity contribution is -0.134. The number of carbonyl (C=O) groups is 3. The molecule has 3 heterocycles. The lowest BCUT2D eigenvalue weighted by atomic mass is 10.1. The molecule has 0 spiro atoms. The molecule has 3 rings (SSSR count). The zero-order chi connectivity index (χ0) is 17.8. The minimum absolute atomic E-state index is 0.00384. The molecule has 9 heteroatoms. The number of hydrogen-bond donors (Lipinski definition) is 0. The van der Waals surface area contributed by atoms with Gasteiger partial charge in [-0.3, -0.25) is 14.5 Å². The van der Waals surface area contributed by atoms with Crippen molar-refractivity contribution in [2.75, 3.05) is 26.7 Å². The van der Waals surface area contributed by atoms with E-state index in [4.69, 9.17) is 4.52 Å². The molecule has 0 aliphatic carbocycles. The number of imide groups is 1. The first-order chi connectivity index (χ1) is 12.1. The molecular formula is C16H23N5O4. The molecule has 1 aromatic heterocycles. The van der Waals surface area contributed by atoms with Gasteiger partial charge in [0.25, 0.3) is 0 Å². The Morgan fingerprint density at radius 3 is 2.84 bits per heavy atom. The molecule has 2 aliphatic rings. The van der Waals surface area contributed by atoms with Crippen molar-refractivity contribution in [2.45, 2.75) is 44.6 Å². The average Bonchev–Trinajstić information content (AvgIpc) is 3.11. The maximum atomic E-state index is 12.7. The van der Waals surface area contributed by atoms with Gasteiger partial charge in [0.05, 0.1) is 6.04 Å². The quantitative estimate of drug-likeness (QED) is 0.740. The number of carbonyl (C=O) groups excluding carboxylic acids is 3. The van der Waals surface area contributed by atoms with Crippen molar-refractivity contribution in [3.63, 3.8) is 0 Å². The first-order valence-corrected chi connectivity index (χ1v) is 8.69. The summed E-state index contributed by atoms with van der Waals surface area (Å²) < 4.78 is 4.83. The van der Waals surface area contributed by atoms with Gasteiger partial charge in [-0.15, -0.1) is 0 Å². The second kappa shape index (κ2) is 7.62. The lowest BCUT2D eigenvalue weighted by Gasteiger charge is -2.28. The summed E-state index contributed by atoms with van der Waals surface area (Å²) in [5.74, 6) is 0.338. The van der Waals surface area contributed by atoms with E-state index in [-0.39, 0.29) is 43.4 Å². The van der Waals surface area contributed by atoms with Crippen LogP contribution < -0.4 is 0 Å². The molecule has 9 nitrogen and oxygen atoms in total. The Balaban J connectivity index is 1.57. The Bertz CT molecular complexity index is 632. The first-order valence-electron chi connectivity index (χ1n) is 8.69. The van der Waals surface area contributed by atoms with Crippen LogP contribution in [0.5, 0.6) is 0 Å². The molecule has 0 N–H and O–H groups in total. The monoisotopic (exact) mass is 349 g/mol. The van der Waals surface area contributed by atoms with Crippen molar-refractivity contribution in [2.24, 2.45) is 0 Å². The fourth-order valence-electron chi connectivity index (χ4n) is 3.42. The topological polar surface area (TPSA) is 99.9 Å². The highest BCUT2D eigenvalue weighted by atomic mass is 16.5. The number of urea groups is 1. The van der Waals surface area contributed by atoms with Crippen LogP contribution in [0.2, 0.25) is 0 Å². The van der Waals surface area contributed by atoms with E-state index in [1.54, 1.807) is 7.05 Å². The highest BCUT2D eigenvalue weighted by molar-refractivity contribution is 6.01. The summed E-state index contributed by atoms with van der Waals surface area (Å²) in [7, 11) is 1.60. The van der Waals surface area contributed by atoms with E-state index in [2.05, 4.69) is 10.1 Å². The van der Waals surface area contributed by atoms with Gasteiger partial charge in [-0.2, -0.15) is 4.98 Å². The summed E-state index contributed by atoms with van der Waals surface area (Å²) in [6, 6.07) is -0.452. The zero-order valence-electron chi connectivity index (χ0n) is 14.4. The predicted molar refractivity (Wildman–Crippen MR) is 86.2 cm³/mol. The van der Waals surface area contributed by atoms with Gasteiger partial charge in [0, 0.05) is 26.6 Å². The molecular weight excluding hydrogens is 326 g/mol. The molecule has 2 saturated heterocycles. The predicted octanol–water partition coefficient (Wildman–Crippen LogP) is 1.19. The Hall–Kier alpha value is -2.45. The summed E-state index contributed by atoms with van der Waals surface area (Å²) in [5, 5.41) is 3.90. The third-order valence-electron chi connectivity index (χ3n) is 4.75. The minimum Gasteiger partial charge on any atom is -0.343 e. The highest BCUT2D eigenvalue weighted by Gasteiger charge is 2.34. The van der Waals surface area contributed by atoms with Crippen LogP contribution in [0.1, 0.15) is 50.4 Å². The van der Waals surface area contributed by atoms with Crippen LogP contribution in [0.15, 0.2) is 10.9 Å². The van der Waals surface area contributed by atoms with Gasteiger partial charge >= 0.3 is 6.03 Å². The third kappa shape index (κ3) is 3.80. The van der Waals surface area contributed by atoms with E-state index in [1.165, 1.54) is 16.2 Å². The Morgan fingerprint density at radius 1 is 1.32 bits per heavy atom. The summed E-state index contributed by atoms with van der Waals surface area (Å²) >= 11 is 0. The Labute approximate surface area is 145 Å². The van der Waals surface area contributed by atoms with Crippen LogP contribution in [0.4, 0.5) is 4.79 Å². The van der Waals surface area contributed by atoms with Crippen LogP contribution in [0.3, 0.4) is 0 Å². The molecule has 0 bridgehead atoms. The van der Waals surface area contributed by atoms with Crippen molar-refractivity contribution in [3.8, 4) is 0 Å². The van der Waals surface area contributed by atoms with Gasteiger partial charge in [-0.25, -0.2) is 4.79 Å². The van der Waals surface area contributed by atoms with E-state index < -0.39 is 0 Å². The van der Waals surface area contributed by atoms with Gasteiger partial charge < -0.3 is 14.3 Å². The molecule has 0 saturated carbocycles. The molecule has 0 radical (unpaired) electrons. The number of amides is 4. The van der Waals surface area contributed by atoms with Crippen molar-refractivity contribution >= 4 is 17.8 Å². The number of likely N-dealkylation sites (N-methyl/N-ethyl adjacent to an activating group) is 1. The summed E-state index contributed by atoms with van der Waals surface area (Å²) in [6.45, 7) is 1.05. The van der Waals surface area contributed by atoms with E-state index in [0.717, 1.165) is 25.7 Å². The smallest absolute Gasteiger partial charge is 0.326 e. The Kier molecular flexibility index (Phi) is 5.30. The molecule has 0 aromatic carbocycles. The molecule has 25 heavy (non-hydrogen) atoms. The van der Waals surface area contributed by atoms with Gasteiger partial charge in [-0.05, 0) is 19.3 Å². The number of likely N-dealkylation sites (tertiary alicyclic amines) is 1. The molecule has 1 unspecified atom stereocenters. The maximum absolute atomic E-state index is 12.7. The minimum atomic E-state index is -0.295. The van der Waals surface area contributed by atoms with Crippen molar-refractivity contribution in [1.82, 2.24) is 24.8 Å². The van der Waals surface area contributed by atoms with Crippen LogP contribution >= 0.6 is 0 Å². The number of rotatable bonds is 5. The van der Waals surface area contributed by atoms with Crippen LogP contribution in [-0.4, -0.2) is 69.4 Å². The van der Waals surface area contributed by atoms with Gasteiger partial charge in [-0.1, -0.05) is 18.0 Å². The van der Waals surface area contributed by atoms with E-state index >= 15 is 0 Å². The largest absolute Gasteiger partial charge is 0.343 e. The van der Waals surface area contributed by atoms with Crippen molar-refractivity contribution in [1.29, 1.82) is 0 Å². The average molecular weight is 349 g/mol. The fourth-order valence-corrected chi connectivity index (χ4v) is 3.42. The maximum Gasteiger partial charge on any atom is 0.326 e. The summed E-state index contributed by atoms with van der Waals surface area (Å²) in [5.41, 5.74) is 0. The summed E-state index contributed by atoms with van der Waals surface area (Å²) in [6.07, 6.45) is 5.89. The molecule has 1 atom stereocenters. The van der Waals surface area contributed by atoms with Gasteiger partial charge in [0.1, 0.15) is 6.54 Å². The van der Waals surface area contributed by atoms with E-state index in [0.29, 0.717) is 18.8 Å². The highest BCUT2D eigenvalue weighted by Crippen LogP contribution is 2.28. The van der Waals surface area contributed by atoms with Crippen LogP contribution in [-0.2, 0) is 9.59 Å². The standard InChI is InChI=1S/C16H23N5O4/c1-19-10-14(23)21(16(19)24)9-5-7-13(22)20-8-4-2-3-6-12(20)15-17-11-25-18-15/h11-12H,2-10H2,1H3. The summed E-state index contributed by atoms with van der Waals surface area (Å²) in [4.78, 5) is 44.8. The number of aromatic nitrogens is 2. The number of hydrogen-bond acceptors (Lipinski definition) is 6. The van der Waals surface area contributed by atoms with Gasteiger partial charge in [0.15, 0.2) is 5.82 Å². The third-order valence-corrected chi connectivity index (χ3v) is 4.75. The Morgan fingerprint density at radius 2 is 2.16 bits per heavy atom. The normalized spacial score (nSPS) is 21.8. The zero-order valence-corrected chi connectivity index (χ0v) is 14.4.